The van der Waals surface area contributed by atoms with Crippen molar-refractivity contribution in [2.75, 3.05) is 34.1 Å². The molecule has 0 atom stereocenters. The second-order valence-corrected chi connectivity index (χ2v) is 6.96. The molecule has 2 aromatic rings. The zero-order valence-corrected chi connectivity index (χ0v) is 16.7. The molecule has 2 N–H and O–H groups in total. The molecule has 0 saturated carbocycles. The lowest BCUT2D eigenvalue weighted by Gasteiger charge is -2.28. The minimum absolute atomic E-state index is 0.0582. The number of methoxy groups -OCH3 is 1. The molecule has 2 aliphatic heterocycles. The Bertz CT molecular complexity index is 988. The van der Waals surface area contributed by atoms with Crippen LogP contribution in [0.15, 0.2) is 24.3 Å². The van der Waals surface area contributed by atoms with Crippen molar-refractivity contribution in [3.05, 3.63) is 41.0 Å². The second-order valence-electron chi connectivity index (χ2n) is 6.96. The van der Waals surface area contributed by atoms with Crippen molar-refractivity contribution in [2.24, 2.45) is 0 Å². The average molecular weight is 414 g/mol. The Labute approximate surface area is 173 Å². The fraction of sp³-hybridized carbons (Fsp3) is 0.333. The molecule has 0 fully saturated rings. The molecule has 30 heavy (non-hydrogen) atoms. The predicted octanol–water partition coefficient (Wildman–Crippen LogP) is 1.45. The normalized spacial score (nSPS) is 14.3. The first-order valence-corrected chi connectivity index (χ1v) is 9.45. The first kappa shape index (κ1) is 19.7. The van der Waals surface area contributed by atoms with Gasteiger partial charge in [0.1, 0.15) is 11.5 Å². The lowest BCUT2D eigenvalue weighted by atomic mass is 9.91. The van der Waals surface area contributed by atoms with E-state index in [1.54, 1.807) is 38.4 Å². The molecule has 9 heteroatoms. The minimum atomic E-state index is -0.334. The Hall–Kier alpha value is -3.62. The van der Waals surface area contributed by atoms with Crippen LogP contribution in [0.5, 0.6) is 28.7 Å². The number of carbonyl (C=O) groups is 2. The van der Waals surface area contributed by atoms with E-state index in [0.29, 0.717) is 41.3 Å². The molecule has 0 aromatic heterocycles. The molecule has 158 valence electrons. The van der Waals surface area contributed by atoms with Crippen molar-refractivity contribution < 1.29 is 33.6 Å². The highest BCUT2D eigenvalue weighted by Crippen LogP contribution is 2.48. The summed E-state index contributed by atoms with van der Waals surface area (Å²) < 4.78 is 21.5. The molecule has 2 amide bonds. The van der Waals surface area contributed by atoms with Gasteiger partial charge in [0.15, 0.2) is 18.1 Å². The maximum absolute atomic E-state index is 12.6. The Morgan fingerprint density at radius 1 is 1.20 bits per heavy atom. The number of rotatable bonds is 6. The van der Waals surface area contributed by atoms with Gasteiger partial charge in [-0.1, -0.05) is 0 Å². The summed E-state index contributed by atoms with van der Waals surface area (Å²) in [6.45, 7) is 0.397. The number of benzene rings is 2. The van der Waals surface area contributed by atoms with Crippen molar-refractivity contribution >= 4 is 11.8 Å². The summed E-state index contributed by atoms with van der Waals surface area (Å²) in [6, 6.07) is 6.90. The van der Waals surface area contributed by atoms with E-state index in [4.69, 9.17) is 18.9 Å². The van der Waals surface area contributed by atoms with E-state index in [9.17, 15) is 14.7 Å². The van der Waals surface area contributed by atoms with Gasteiger partial charge >= 0.3 is 0 Å². The van der Waals surface area contributed by atoms with Crippen LogP contribution < -0.4 is 24.3 Å². The van der Waals surface area contributed by atoms with Gasteiger partial charge in [-0.15, -0.1) is 0 Å². The van der Waals surface area contributed by atoms with E-state index in [2.05, 4.69) is 5.32 Å². The molecule has 0 spiro atoms. The Kier molecular flexibility index (Phi) is 5.26. The first-order valence-electron chi connectivity index (χ1n) is 9.45. The molecule has 0 saturated heterocycles. The number of amides is 2. The van der Waals surface area contributed by atoms with Crippen LogP contribution in [-0.2, 0) is 17.8 Å². The molecule has 9 nitrogen and oxygen atoms in total. The summed E-state index contributed by atoms with van der Waals surface area (Å²) in [5, 5.41) is 13.3. The number of hydrogen-bond donors (Lipinski definition) is 2. The first-order chi connectivity index (χ1) is 14.5. The topological polar surface area (TPSA) is 107 Å². The Morgan fingerprint density at radius 2 is 1.90 bits per heavy atom. The number of ether oxygens (including phenoxy) is 4. The van der Waals surface area contributed by atoms with Crippen molar-refractivity contribution in [3.8, 4) is 28.7 Å². The van der Waals surface area contributed by atoms with Crippen molar-refractivity contribution in [1.29, 1.82) is 0 Å². The van der Waals surface area contributed by atoms with Crippen LogP contribution in [0.25, 0.3) is 0 Å². The fourth-order valence-corrected chi connectivity index (χ4v) is 3.55. The summed E-state index contributed by atoms with van der Waals surface area (Å²) in [7, 11) is 3.25. The molecular weight excluding hydrogens is 392 g/mol. The highest BCUT2D eigenvalue weighted by Gasteiger charge is 2.35. The van der Waals surface area contributed by atoms with Gasteiger partial charge in [-0.05, 0) is 36.2 Å². The van der Waals surface area contributed by atoms with Gasteiger partial charge < -0.3 is 34.3 Å². The number of likely N-dealkylation sites (N-methyl/N-ethyl adjacent to an activating group) is 1. The van der Waals surface area contributed by atoms with Gasteiger partial charge in [-0.25, -0.2) is 0 Å². The van der Waals surface area contributed by atoms with E-state index in [1.807, 2.05) is 0 Å². The van der Waals surface area contributed by atoms with Crippen LogP contribution in [0.1, 0.15) is 21.5 Å². The molecule has 2 aliphatic rings. The largest absolute Gasteiger partial charge is 0.504 e. The van der Waals surface area contributed by atoms with Crippen LogP contribution in [0, 0.1) is 0 Å². The summed E-state index contributed by atoms with van der Waals surface area (Å²) in [4.78, 5) is 26.4. The van der Waals surface area contributed by atoms with Gasteiger partial charge in [-0.3, -0.25) is 9.59 Å². The van der Waals surface area contributed by atoms with Crippen LogP contribution in [0.2, 0.25) is 0 Å². The summed E-state index contributed by atoms with van der Waals surface area (Å²) in [6.07, 6.45) is 0.537. The Morgan fingerprint density at radius 3 is 2.63 bits per heavy atom. The van der Waals surface area contributed by atoms with Crippen LogP contribution in [0.4, 0.5) is 0 Å². The summed E-state index contributed by atoms with van der Waals surface area (Å²) in [5.74, 6) is 0.893. The van der Waals surface area contributed by atoms with E-state index in [-0.39, 0.29) is 48.8 Å². The number of nitrogens with zero attached hydrogens (tertiary/aromatic N) is 1. The standard InChI is InChI=1S/C21H22N2O7/c1-23-8-7-14-15(19-20(30-11-29-19)18(25)17(14)21(23)26)9-22-16(24)10-28-13-5-3-12(27-2)4-6-13/h3-6,25H,7-11H2,1-2H3,(H,22,24). The zero-order chi connectivity index (χ0) is 21.3. The van der Waals surface area contributed by atoms with E-state index in [0.717, 1.165) is 0 Å². The number of fused-ring (bicyclic) bond motifs is 2. The maximum Gasteiger partial charge on any atom is 0.258 e. The zero-order valence-electron chi connectivity index (χ0n) is 16.7. The van der Waals surface area contributed by atoms with Crippen molar-refractivity contribution in [2.45, 2.75) is 13.0 Å². The molecule has 0 unspecified atom stereocenters. The number of nitrogens with one attached hydrogen (secondary N) is 1. The molecule has 0 aliphatic carbocycles. The van der Waals surface area contributed by atoms with E-state index >= 15 is 0 Å². The smallest absolute Gasteiger partial charge is 0.258 e. The predicted molar refractivity (Wildman–Crippen MR) is 105 cm³/mol. The number of phenols is 1. The molecular formula is C21H22N2O7. The Balaban J connectivity index is 1.48. The third-order valence-corrected chi connectivity index (χ3v) is 5.15. The number of carbonyl (C=O) groups excluding carboxylic acids is 2. The molecule has 0 radical (unpaired) electrons. The monoisotopic (exact) mass is 414 g/mol. The number of hydrogen-bond acceptors (Lipinski definition) is 7. The average Bonchev–Trinajstić information content (AvgIpc) is 3.25. The minimum Gasteiger partial charge on any atom is -0.504 e. The van der Waals surface area contributed by atoms with Gasteiger partial charge in [0.05, 0.1) is 12.7 Å². The summed E-state index contributed by atoms with van der Waals surface area (Å²) in [5.41, 5.74) is 1.50. The van der Waals surface area contributed by atoms with Crippen LogP contribution in [0.3, 0.4) is 0 Å². The van der Waals surface area contributed by atoms with Gasteiger partial charge in [-0.2, -0.15) is 0 Å². The second kappa shape index (κ2) is 8.02. The lowest BCUT2D eigenvalue weighted by molar-refractivity contribution is -0.123. The molecule has 4 rings (SSSR count). The fourth-order valence-electron chi connectivity index (χ4n) is 3.55. The van der Waals surface area contributed by atoms with Gasteiger partial charge in [0.25, 0.3) is 11.8 Å². The SMILES string of the molecule is COc1ccc(OCC(=O)NCc2c3c(c(O)c4c2OCO4)C(=O)N(C)CC3)cc1. The summed E-state index contributed by atoms with van der Waals surface area (Å²) >= 11 is 0. The highest BCUT2D eigenvalue weighted by atomic mass is 16.7. The van der Waals surface area contributed by atoms with Crippen molar-refractivity contribution in [3.63, 3.8) is 0 Å². The number of aromatic hydroxyl groups is 1. The van der Waals surface area contributed by atoms with Gasteiger partial charge in [0, 0.05) is 25.7 Å². The van der Waals surface area contributed by atoms with Crippen molar-refractivity contribution in [1.82, 2.24) is 10.2 Å². The van der Waals surface area contributed by atoms with Crippen LogP contribution >= 0.6 is 0 Å². The van der Waals surface area contributed by atoms with Gasteiger partial charge in [0.2, 0.25) is 12.5 Å². The third-order valence-electron chi connectivity index (χ3n) is 5.15. The van der Waals surface area contributed by atoms with E-state index < -0.39 is 0 Å². The highest BCUT2D eigenvalue weighted by molar-refractivity contribution is 6.01. The maximum atomic E-state index is 12.6. The number of phenolic OH excluding ortho intramolecular Hbond substituents is 1. The molecule has 2 heterocycles. The third kappa shape index (κ3) is 3.54. The quantitative estimate of drug-likeness (QED) is 0.737. The van der Waals surface area contributed by atoms with Crippen LogP contribution in [-0.4, -0.2) is 55.9 Å². The lowest BCUT2D eigenvalue weighted by Crippen LogP contribution is -2.36. The van der Waals surface area contributed by atoms with E-state index in [1.165, 1.54) is 4.90 Å². The molecule has 2 aromatic carbocycles. The molecule has 0 bridgehead atoms.